The third-order valence-electron chi connectivity index (χ3n) is 4.08. The Balaban J connectivity index is 1.71. The van der Waals surface area contributed by atoms with Crippen molar-refractivity contribution in [3.05, 3.63) is 68.1 Å². The maximum atomic E-state index is 12.6. The zero-order chi connectivity index (χ0) is 19.1. The van der Waals surface area contributed by atoms with Crippen molar-refractivity contribution < 1.29 is 24.3 Å². The summed E-state index contributed by atoms with van der Waals surface area (Å²) in [6.07, 6.45) is -1.64. The van der Waals surface area contributed by atoms with Gasteiger partial charge in [0.25, 0.3) is 11.2 Å². The normalized spacial score (nSPS) is 13.5. The molecule has 0 saturated heterocycles. The second kappa shape index (κ2) is 6.18. The van der Waals surface area contributed by atoms with Crippen LogP contribution >= 0.6 is 0 Å². The second-order valence-corrected chi connectivity index (χ2v) is 5.75. The number of hydrogen-bond donors (Lipinski definition) is 2. The third kappa shape index (κ3) is 2.87. The molecule has 136 valence electrons. The highest BCUT2D eigenvalue weighted by molar-refractivity contribution is 5.99. The summed E-state index contributed by atoms with van der Waals surface area (Å²) in [4.78, 5) is 41.3. The number of non-ortho nitro benzene ring substituents is 1. The fourth-order valence-corrected chi connectivity index (χ4v) is 2.72. The zero-order valence-electron chi connectivity index (χ0n) is 13.5. The van der Waals surface area contributed by atoms with Crippen LogP contribution in [0.2, 0.25) is 0 Å². The molecule has 1 aromatic heterocycles. The van der Waals surface area contributed by atoms with Crippen LogP contribution in [0.25, 0.3) is 11.0 Å². The fraction of sp³-hybridized carbons (Fsp3) is 0.118. The second-order valence-electron chi connectivity index (χ2n) is 5.75. The number of carbonyl (C=O) groups excluding carboxylic acids is 1. The molecular weight excluding hydrogens is 358 g/mol. The molecule has 0 bridgehead atoms. The Hall–Kier alpha value is -3.79. The lowest BCUT2D eigenvalue weighted by Gasteiger charge is -2.10. The Labute approximate surface area is 150 Å². The van der Waals surface area contributed by atoms with Crippen LogP contribution in [0, 0.1) is 10.1 Å². The number of aliphatic hydroxyl groups is 1. The Morgan fingerprint density at radius 2 is 2.00 bits per heavy atom. The Morgan fingerprint density at radius 3 is 2.78 bits per heavy atom. The molecule has 0 fully saturated rings. The number of rotatable bonds is 4. The number of aromatic amines is 1. The van der Waals surface area contributed by atoms with Crippen LogP contribution in [-0.2, 0) is 0 Å². The largest absolute Gasteiger partial charge is 0.454 e. The van der Waals surface area contributed by atoms with Crippen molar-refractivity contribution in [1.82, 2.24) is 9.97 Å². The molecule has 4 rings (SSSR count). The molecule has 1 aliphatic heterocycles. The van der Waals surface area contributed by atoms with Gasteiger partial charge in [-0.25, -0.2) is 4.98 Å². The van der Waals surface area contributed by atoms with Gasteiger partial charge in [0.05, 0.1) is 16.0 Å². The molecule has 2 heterocycles. The van der Waals surface area contributed by atoms with Gasteiger partial charge in [-0.2, -0.15) is 0 Å². The van der Waals surface area contributed by atoms with Crippen molar-refractivity contribution in [2.24, 2.45) is 0 Å². The van der Waals surface area contributed by atoms with Gasteiger partial charge >= 0.3 is 0 Å². The molecule has 3 aromatic rings. The minimum Gasteiger partial charge on any atom is -0.454 e. The molecule has 2 aromatic carbocycles. The van der Waals surface area contributed by atoms with Crippen molar-refractivity contribution in [2.45, 2.75) is 6.10 Å². The number of nitrogens with zero attached hydrogens (tertiary/aromatic N) is 2. The summed E-state index contributed by atoms with van der Waals surface area (Å²) in [7, 11) is 0. The van der Waals surface area contributed by atoms with Crippen LogP contribution in [0.4, 0.5) is 5.69 Å². The van der Waals surface area contributed by atoms with Crippen molar-refractivity contribution in [3.63, 3.8) is 0 Å². The lowest BCUT2D eigenvalue weighted by atomic mass is 10.0. The van der Waals surface area contributed by atoms with Gasteiger partial charge in [0.2, 0.25) is 12.6 Å². The molecule has 27 heavy (non-hydrogen) atoms. The van der Waals surface area contributed by atoms with E-state index in [4.69, 9.17) is 9.47 Å². The van der Waals surface area contributed by atoms with E-state index in [1.54, 1.807) is 6.07 Å². The minimum absolute atomic E-state index is 0.0425. The van der Waals surface area contributed by atoms with E-state index in [1.807, 2.05) is 0 Å². The number of Topliss-reactive ketones (excluding diaryl/α,β-unsaturated/α-hetero) is 1. The van der Waals surface area contributed by atoms with Gasteiger partial charge in [-0.3, -0.25) is 19.7 Å². The monoisotopic (exact) mass is 369 g/mol. The number of benzene rings is 2. The van der Waals surface area contributed by atoms with E-state index in [2.05, 4.69) is 9.97 Å². The Morgan fingerprint density at radius 1 is 1.22 bits per heavy atom. The number of ketones is 1. The van der Waals surface area contributed by atoms with Crippen molar-refractivity contribution in [1.29, 1.82) is 0 Å². The molecule has 0 aliphatic carbocycles. The summed E-state index contributed by atoms with van der Waals surface area (Å²) in [5, 5.41) is 21.2. The molecular formula is C17H11N3O7. The van der Waals surface area contributed by atoms with E-state index in [0.717, 1.165) is 6.07 Å². The summed E-state index contributed by atoms with van der Waals surface area (Å²) in [5.41, 5.74) is -1.06. The molecule has 2 N–H and O–H groups in total. The highest BCUT2D eigenvalue weighted by Crippen LogP contribution is 2.34. The van der Waals surface area contributed by atoms with Gasteiger partial charge in [-0.05, 0) is 23.8 Å². The Kier molecular flexibility index (Phi) is 3.81. The van der Waals surface area contributed by atoms with Crippen LogP contribution in [0.3, 0.4) is 0 Å². The van der Waals surface area contributed by atoms with Crippen LogP contribution in [0.1, 0.15) is 22.2 Å². The molecule has 0 saturated carbocycles. The molecule has 0 unspecified atom stereocenters. The predicted molar refractivity (Wildman–Crippen MR) is 90.9 cm³/mol. The van der Waals surface area contributed by atoms with Crippen molar-refractivity contribution >= 4 is 22.5 Å². The third-order valence-corrected chi connectivity index (χ3v) is 4.08. The average Bonchev–Trinajstić information content (AvgIpc) is 3.13. The standard InChI is InChI=1S/C17H11N3O7/c21-15(8-1-4-12-13(5-8)27-7-26-12)16(22)14-17(23)19-11-6-9(20(24)25)2-3-10(11)18-14/h1-6,15,21H,7H2,(H,19,23)/t15-/m0/s1. The smallest absolute Gasteiger partial charge is 0.278 e. The molecule has 0 spiro atoms. The number of fused-ring (bicyclic) bond motifs is 2. The summed E-state index contributed by atoms with van der Waals surface area (Å²) in [6, 6.07) is 8.14. The zero-order valence-corrected chi connectivity index (χ0v) is 13.5. The first-order chi connectivity index (χ1) is 12.9. The number of carbonyl (C=O) groups is 1. The maximum absolute atomic E-state index is 12.6. The van der Waals surface area contributed by atoms with Crippen molar-refractivity contribution in [3.8, 4) is 11.5 Å². The summed E-state index contributed by atoms with van der Waals surface area (Å²) in [6.45, 7) is 0.0425. The number of nitro groups is 1. The van der Waals surface area contributed by atoms with Gasteiger partial charge in [-0.15, -0.1) is 0 Å². The number of nitrogens with one attached hydrogen (secondary N) is 1. The molecule has 10 heteroatoms. The fourth-order valence-electron chi connectivity index (χ4n) is 2.72. The van der Waals surface area contributed by atoms with Crippen LogP contribution in [0.5, 0.6) is 11.5 Å². The summed E-state index contributed by atoms with van der Waals surface area (Å²) in [5.74, 6) is -0.0379. The van der Waals surface area contributed by atoms with Crippen LogP contribution in [-0.4, -0.2) is 32.6 Å². The van der Waals surface area contributed by atoms with Crippen molar-refractivity contribution in [2.75, 3.05) is 6.79 Å². The summed E-state index contributed by atoms with van der Waals surface area (Å²) < 4.78 is 10.4. The SMILES string of the molecule is O=C(c1nc2ccc([N+](=O)[O-])cc2[nH]c1=O)[C@@H](O)c1ccc2c(c1)OCO2. The lowest BCUT2D eigenvalue weighted by molar-refractivity contribution is -0.384. The van der Waals surface area contributed by atoms with E-state index in [1.165, 1.54) is 24.3 Å². The van der Waals surface area contributed by atoms with Crippen LogP contribution < -0.4 is 15.0 Å². The van der Waals surface area contributed by atoms with E-state index in [-0.39, 0.29) is 29.1 Å². The van der Waals surface area contributed by atoms with E-state index >= 15 is 0 Å². The number of ether oxygens (including phenoxy) is 2. The molecule has 10 nitrogen and oxygen atoms in total. The van der Waals surface area contributed by atoms with Gasteiger partial charge in [0.15, 0.2) is 17.2 Å². The molecule has 1 aliphatic rings. The predicted octanol–water partition coefficient (Wildman–Crippen LogP) is 1.48. The van der Waals surface area contributed by atoms with E-state index in [0.29, 0.717) is 11.5 Å². The van der Waals surface area contributed by atoms with Gasteiger partial charge < -0.3 is 19.6 Å². The highest BCUT2D eigenvalue weighted by Gasteiger charge is 2.26. The number of hydrogen-bond acceptors (Lipinski definition) is 8. The highest BCUT2D eigenvalue weighted by atomic mass is 16.7. The minimum atomic E-state index is -1.64. The average molecular weight is 369 g/mol. The van der Waals surface area contributed by atoms with E-state index < -0.39 is 28.1 Å². The topological polar surface area (TPSA) is 145 Å². The molecule has 0 amide bonds. The Bertz CT molecular complexity index is 1150. The lowest BCUT2D eigenvalue weighted by Crippen LogP contribution is -2.24. The first-order valence-corrected chi connectivity index (χ1v) is 7.74. The number of aromatic nitrogens is 2. The van der Waals surface area contributed by atoms with Crippen LogP contribution in [0.15, 0.2) is 41.2 Å². The van der Waals surface area contributed by atoms with Gasteiger partial charge in [0, 0.05) is 12.1 Å². The van der Waals surface area contributed by atoms with E-state index in [9.17, 15) is 24.8 Å². The maximum Gasteiger partial charge on any atom is 0.278 e. The number of aliphatic hydroxyl groups excluding tert-OH is 1. The summed E-state index contributed by atoms with van der Waals surface area (Å²) >= 11 is 0. The first-order valence-electron chi connectivity index (χ1n) is 7.74. The van der Waals surface area contributed by atoms with Gasteiger partial charge in [0.1, 0.15) is 6.10 Å². The molecule has 0 radical (unpaired) electrons. The molecule has 1 atom stereocenters. The quantitative estimate of drug-likeness (QED) is 0.399. The number of H-pyrrole nitrogens is 1. The first kappa shape index (κ1) is 16.7. The number of nitro benzene ring substituents is 1. The van der Waals surface area contributed by atoms with Gasteiger partial charge in [-0.1, -0.05) is 6.07 Å².